The number of hydrogen-bond donors (Lipinski definition) is 0. The lowest BCUT2D eigenvalue weighted by Gasteiger charge is -2.14. The van der Waals surface area contributed by atoms with Crippen LogP contribution in [0.25, 0.3) is 11.1 Å². The van der Waals surface area contributed by atoms with Crippen LogP contribution in [0.5, 0.6) is 5.75 Å². The molecule has 3 heteroatoms. The molecule has 0 spiro atoms. The molecule has 0 saturated carbocycles. The van der Waals surface area contributed by atoms with E-state index in [1.807, 2.05) is 48.5 Å². The number of halogens is 1. The van der Waals surface area contributed by atoms with Crippen molar-refractivity contribution < 1.29 is 13.9 Å². The van der Waals surface area contributed by atoms with Crippen LogP contribution in [-0.2, 0) is 4.79 Å². The van der Waals surface area contributed by atoms with Crippen LogP contribution in [0.1, 0.15) is 43.7 Å². The second-order valence-corrected chi connectivity index (χ2v) is 6.98. The van der Waals surface area contributed by atoms with Gasteiger partial charge in [0, 0.05) is 5.56 Å². The summed E-state index contributed by atoms with van der Waals surface area (Å²) in [7, 11) is 0. The molecule has 0 aromatic heterocycles. The standard InChI is InChI=1S/C24H23FO2/c1-16(2)19-10-7-11-21(14-19)27-24(26)17(3)20-12-13-22(23(25)15-20)18-8-5-4-6-9-18/h4-17H,1-3H3. The van der Waals surface area contributed by atoms with Crippen LogP contribution in [0.15, 0.2) is 72.8 Å². The zero-order valence-electron chi connectivity index (χ0n) is 15.8. The average Bonchev–Trinajstić information content (AvgIpc) is 2.68. The zero-order chi connectivity index (χ0) is 19.4. The first-order valence-corrected chi connectivity index (χ1v) is 9.12. The van der Waals surface area contributed by atoms with E-state index in [-0.39, 0.29) is 5.82 Å². The van der Waals surface area contributed by atoms with E-state index in [1.165, 1.54) is 6.07 Å². The minimum atomic E-state index is -0.563. The van der Waals surface area contributed by atoms with Crippen molar-refractivity contribution in [2.24, 2.45) is 0 Å². The van der Waals surface area contributed by atoms with Gasteiger partial charge in [0.2, 0.25) is 0 Å². The minimum absolute atomic E-state index is 0.347. The average molecular weight is 362 g/mol. The molecule has 0 bridgehead atoms. The Hall–Kier alpha value is -2.94. The van der Waals surface area contributed by atoms with Gasteiger partial charge in [-0.1, -0.05) is 68.4 Å². The van der Waals surface area contributed by atoms with Gasteiger partial charge in [-0.05, 0) is 47.7 Å². The molecule has 3 rings (SSSR count). The predicted octanol–water partition coefficient (Wildman–Crippen LogP) is 6.33. The zero-order valence-corrected chi connectivity index (χ0v) is 15.8. The Morgan fingerprint density at radius 2 is 1.59 bits per heavy atom. The minimum Gasteiger partial charge on any atom is -0.426 e. The van der Waals surface area contributed by atoms with E-state index in [4.69, 9.17) is 4.74 Å². The third-order valence-electron chi connectivity index (χ3n) is 4.67. The van der Waals surface area contributed by atoms with Crippen molar-refractivity contribution in [1.29, 1.82) is 0 Å². The number of hydrogen-bond acceptors (Lipinski definition) is 2. The first kappa shape index (κ1) is 18.8. The van der Waals surface area contributed by atoms with Crippen LogP contribution in [0.3, 0.4) is 0 Å². The summed E-state index contributed by atoms with van der Waals surface area (Å²) >= 11 is 0. The first-order valence-electron chi connectivity index (χ1n) is 9.12. The van der Waals surface area contributed by atoms with Crippen LogP contribution in [-0.4, -0.2) is 5.97 Å². The Morgan fingerprint density at radius 3 is 2.26 bits per heavy atom. The summed E-state index contributed by atoms with van der Waals surface area (Å²) in [6.45, 7) is 5.90. The molecular formula is C24H23FO2. The molecule has 0 aliphatic heterocycles. The summed E-state index contributed by atoms with van der Waals surface area (Å²) < 4.78 is 20.1. The van der Waals surface area contributed by atoms with Crippen molar-refractivity contribution in [3.8, 4) is 16.9 Å². The normalized spacial score (nSPS) is 12.0. The molecule has 0 amide bonds. The van der Waals surface area contributed by atoms with Gasteiger partial charge in [0.05, 0.1) is 5.92 Å². The van der Waals surface area contributed by atoms with Gasteiger partial charge in [-0.3, -0.25) is 4.79 Å². The number of esters is 1. The highest BCUT2D eigenvalue weighted by molar-refractivity contribution is 5.80. The Morgan fingerprint density at radius 1 is 0.852 bits per heavy atom. The summed E-state index contributed by atoms with van der Waals surface area (Å²) in [5.41, 5.74) is 3.02. The molecule has 1 unspecified atom stereocenters. The van der Waals surface area contributed by atoms with Crippen molar-refractivity contribution in [3.05, 3.63) is 89.7 Å². The first-order chi connectivity index (χ1) is 13.0. The third-order valence-corrected chi connectivity index (χ3v) is 4.67. The van der Waals surface area contributed by atoms with Gasteiger partial charge in [-0.15, -0.1) is 0 Å². The Labute approximate surface area is 159 Å². The molecule has 3 aromatic carbocycles. The van der Waals surface area contributed by atoms with Crippen molar-refractivity contribution in [2.45, 2.75) is 32.6 Å². The third kappa shape index (κ3) is 4.43. The highest BCUT2D eigenvalue weighted by atomic mass is 19.1. The lowest BCUT2D eigenvalue weighted by molar-refractivity contribution is -0.135. The lowest BCUT2D eigenvalue weighted by atomic mass is 9.97. The number of carbonyl (C=O) groups is 1. The van der Waals surface area contributed by atoms with E-state index in [0.717, 1.165) is 11.1 Å². The molecule has 0 aliphatic rings. The van der Waals surface area contributed by atoms with Gasteiger partial charge in [0.15, 0.2) is 0 Å². The fourth-order valence-electron chi connectivity index (χ4n) is 2.93. The van der Waals surface area contributed by atoms with Crippen molar-refractivity contribution in [2.75, 3.05) is 0 Å². The Kier molecular flexibility index (Phi) is 5.70. The molecule has 0 aliphatic carbocycles. The molecule has 0 heterocycles. The van der Waals surface area contributed by atoms with Crippen LogP contribution in [0.2, 0.25) is 0 Å². The highest BCUT2D eigenvalue weighted by Gasteiger charge is 2.19. The lowest BCUT2D eigenvalue weighted by Crippen LogP contribution is -2.16. The van der Waals surface area contributed by atoms with Gasteiger partial charge < -0.3 is 4.74 Å². The van der Waals surface area contributed by atoms with E-state index < -0.39 is 11.9 Å². The van der Waals surface area contributed by atoms with Crippen LogP contribution >= 0.6 is 0 Å². The summed E-state index contributed by atoms with van der Waals surface area (Å²) in [5.74, 6) is -0.449. The molecule has 0 saturated heterocycles. The second kappa shape index (κ2) is 8.17. The highest BCUT2D eigenvalue weighted by Crippen LogP contribution is 2.27. The molecule has 0 N–H and O–H groups in total. The summed E-state index contributed by atoms with van der Waals surface area (Å²) in [6, 6.07) is 21.8. The van der Waals surface area contributed by atoms with Gasteiger partial charge in [-0.2, -0.15) is 0 Å². The van der Waals surface area contributed by atoms with Gasteiger partial charge >= 0.3 is 5.97 Å². The molecular weight excluding hydrogens is 339 g/mol. The van der Waals surface area contributed by atoms with Crippen LogP contribution in [0, 0.1) is 5.82 Å². The van der Waals surface area contributed by atoms with Crippen LogP contribution < -0.4 is 4.74 Å². The monoisotopic (exact) mass is 362 g/mol. The van der Waals surface area contributed by atoms with E-state index in [9.17, 15) is 9.18 Å². The maximum Gasteiger partial charge on any atom is 0.318 e. The summed E-state index contributed by atoms with van der Waals surface area (Å²) in [6.07, 6.45) is 0. The summed E-state index contributed by atoms with van der Waals surface area (Å²) in [5, 5.41) is 0. The quantitative estimate of drug-likeness (QED) is 0.392. The smallest absolute Gasteiger partial charge is 0.318 e. The molecule has 27 heavy (non-hydrogen) atoms. The molecule has 138 valence electrons. The predicted molar refractivity (Wildman–Crippen MR) is 106 cm³/mol. The van der Waals surface area contributed by atoms with Gasteiger partial charge in [-0.25, -0.2) is 4.39 Å². The second-order valence-electron chi connectivity index (χ2n) is 6.98. The van der Waals surface area contributed by atoms with E-state index >= 15 is 0 Å². The topological polar surface area (TPSA) is 26.3 Å². The number of carbonyl (C=O) groups excluding carboxylic acids is 1. The molecule has 3 aromatic rings. The molecule has 2 nitrogen and oxygen atoms in total. The van der Waals surface area contributed by atoms with E-state index in [2.05, 4.69) is 13.8 Å². The van der Waals surface area contributed by atoms with Crippen LogP contribution in [0.4, 0.5) is 4.39 Å². The van der Waals surface area contributed by atoms with Gasteiger partial charge in [0.25, 0.3) is 0 Å². The Bertz CT molecular complexity index is 932. The molecule has 0 radical (unpaired) electrons. The fourth-order valence-corrected chi connectivity index (χ4v) is 2.93. The SMILES string of the molecule is CC(C)c1cccc(OC(=O)C(C)c2ccc(-c3ccccc3)c(F)c2)c1. The van der Waals surface area contributed by atoms with Gasteiger partial charge in [0.1, 0.15) is 11.6 Å². The van der Waals surface area contributed by atoms with Crippen molar-refractivity contribution in [1.82, 2.24) is 0 Å². The summed E-state index contributed by atoms with van der Waals surface area (Å²) in [4.78, 5) is 12.5. The number of rotatable bonds is 5. The Balaban J connectivity index is 1.77. The van der Waals surface area contributed by atoms with E-state index in [0.29, 0.717) is 22.8 Å². The van der Waals surface area contributed by atoms with Crippen molar-refractivity contribution in [3.63, 3.8) is 0 Å². The maximum atomic E-state index is 14.6. The molecule has 0 fully saturated rings. The fraction of sp³-hybridized carbons (Fsp3) is 0.208. The maximum absolute atomic E-state index is 14.6. The number of ether oxygens (including phenoxy) is 1. The van der Waals surface area contributed by atoms with E-state index in [1.54, 1.807) is 25.1 Å². The molecule has 1 atom stereocenters. The van der Waals surface area contributed by atoms with Crippen molar-refractivity contribution >= 4 is 5.97 Å². The number of benzene rings is 3. The largest absolute Gasteiger partial charge is 0.426 e.